The Labute approximate surface area is 165 Å². The summed E-state index contributed by atoms with van der Waals surface area (Å²) in [5.74, 6) is -0.213. The summed E-state index contributed by atoms with van der Waals surface area (Å²) in [5, 5.41) is 0. The average molecular weight is 384 g/mol. The number of allylic oxidation sites excluding steroid dienone is 9. The third-order valence-corrected chi connectivity index (χ3v) is 5.43. The minimum Gasteiger partial charge on any atom is -0.239 e. The van der Waals surface area contributed by atoms with Crippen molar-refractivity contribution in [2.24, 2.45) is 0 Å². The number of hydrogen-bond acceptors (Lipinski definition) is 0. The Balaban J connectivity index is 1.73. The molecular formula is C25H27F3. The lowest BCUT2D eigenvalue weighted by molar-refractivity contribution is 0.221. The number of rotatable bonds is 6. The molecule has 0 saturated carbocycles. The number of alkyl halides is 2. The van der Waals surface area contributed by atoms with Gasteiger partial charge in [-0.15, -0.1) is 0 Å². The Morgan fingerprint density at radius 1 is 0.964 bits per heavy atom. The molecule has 2 aliphatic carbocycles. The van der Waals surface area contributed by atoms with Gasteiger partial charge in [0.2, 0.25) is 0 Å². The summed E-state index contributed by atoms with van der Waals surface area (Å²) in [6, 6.07) is 5.36. The molecule has 0 N–H and O–H groups in total. The zero-order chi connectivity index (χ0) is 20.1. The van der Waals surface area contributed by atoms with E-state index in [1.807, 2.05) is 31.2 Å². The van der Waals surface area contributed by atoms with E-state index >= 15 is 0 Å². The SMILES string of the molecule is CCCc1ccc(/C=C/C2=CC=C(C3=CC=C(CC)C(F)[C@@H]3F)CC2)c(F)c1. The van der Waals surface area contributed by atoms with Gasteiger partial charge in [-0.05, 0) is 59.6 Å². The third kappa shape index (κ3) is 4.57. The summed E-state index contributed by atoms with van der Waals surface area (Å²) in [6.07, 6.45) is 11.5. The molecule has 0 heterocycles. The van der Waals surface area contributed by atoms with Gasteiger partial charge in [-0.1, -0.05) is 68.9 Å². The van der Waals surface area contributed by atoms with E-state index in [4.69, 9.17) is 0 Å². The molecule has 0 spiro atoms. The predicted molar refractivity (Wildman–Crippen MR) is 111 cm³/mol. The molecular weight excluding hydrogens is 357 g/mol. The molecule has 0 fully saturated rings. The highest BCUT2D eigenvalue weighted by Crippen LogP contribution is 2.35. The first-order valence-corrected chi connectivity index (χ1v) is 10.1. The lowest BCUT2D eigenvalue weighted by atomic mass is 9.84. The van der Waals surface area contributed by atoms with E-state index in [1.165, 1.54) is 0 Å². The second-order valence-electron chi connectivity index (χ2n) is 7.39. The van der Waals surface area contributed by atoms with Crippen molar-refractivity contribution < 1.29 is 13.2 Å². The van der Waals surface area contributed by atoms with Crippen LogP contribution in [0.1, 0.15) is 50.7 Å². The predicted octanol–water partition coefficient (Wildman–Crippen LogP) is 7.39. The van der Waals surface area contributed by atoms with Gasteiger partial charge in [0.15, 0.2) is 12.3 Å². The van der Waals surface area contributed by atoms with Gasteiger partial charge in [0.05, 0.1) is 0 Å². The van der Waals surface area contributed by atoms with Crippen molar-refractivity contribution in [2.75, 3.05) is 0 Å². The summed E-state index contributed by atoms with van der Waals surface area (Å²) in [7, 11) is 0. The summed E-state index contributed by atoms with van der Waals surface area (Å²) < 4.78 is 42.8. The van der Waals surface area contributed by atoms with Crippen molar-refractivity contribution in [1.82, 2.24) is 0 Å². The molecule has 0 aliphatic heterocycles. The number of halogens is 3. The largest absolute Gasteiger partial charge is 0.239 e. The fourth-order valence-electron chi connectivity index (χ4n) is 3.70. The van der Waals surface area contributed by atoms with E-state index in [1.54, 1.807) is 30.4 Å². The molecule has 1 aromatic rings. The molecule has 2 aliphatic rings. The van der Waals surface area contributed by atoms with Gasteiger partial charge < -0.3 is 0 Å². The second-order valence-corrected chi connectivity index (χ2v) is 7.39. The van der Waals surface area contributed by atoms with Crippen LogP contribution in [-0.2, 0) is 6.42 Å². The second kappa shape index (κ2) is 9.27. The first-order chi connectivity index (χ1) is 13.5. The minimum atomic E-state index is -1.59. The molecule has 0 bridgehead atoms. The van der Waals surface area contributed by atoms with Crippen molar-refractivity contribution in [3.63, 3.8) is 0 Å². The van der Waals surface area contributed by atoms with Crippen molar-refractivity contribution in [3.8, 4) is 0 Å². The van der Waals surface area contributed by atoms with Gasteiger partial charge in [0.1, 0.15) is 5.82 Å². The van der Waals surface area contributed by atoms with Crippen molar-refractivity contribution in [1.29, 1.82) is 0 Å². The Morgan fingerprint density at radius 2 is 1.79 bits per heavy atom. The quantitative estimate of drug-likeness (QED) is 0.480. The summed E-state index contributed by atoms with van der Waals surface area (Å²) in [4.78, 5) is 0. The number of aryl methyl sites for hydroxylation is 1. The van der Waals surface area contributed by atoms with Crippen LogP contribution in [0.5, 0.6) is 0 Å². The van der Waals surface area contributed by atoms with Gasteiger partial charge in [0.25, 0.3) is 0 Å². The molecule has 3 rings (SSSR count). The van der Waals surface area contributed by atoms with E-state index in [9.17, 15) is 13.2 Å². The zero-order valence-electron chi connectivity index (χ0n) is 16.5. The van der Waals surface area contributed by atoms with Crippen molar-refractivity contribution in [3.05, 3.63) is 87.8 Å². The lowest BCUT2D eigenvalue weighted by Gasteiger charge is -2.25. The molecule has 0 saturated heterocycles. The van der Waals surface area contributed by atoms with Crippen molar-refractivity contribution >= 4 is 6.08 Å². The van der Waals surface area contributed by atoms with Crippen LogP contribution in [0, 0.1) is 5.82 Å². The van der Waals surface area contributed by atoms with Gasteiger partial charge in [0, 0.05) is 5.56 Å². The maximum atomic E-state index is 14.5. The normalized spacial score (nSPS) is 22.6. The maximum Gasteiger partial charge on any atom is 0.160 e. The van der Waals surface area contributed by atoms with Crippen LogP contribution in [0.15, 0.2) is 70.9 Å². The molecule has 0 radical (unpaired) electrons. The van der Waals surface area contributed by atoms with Gasteiger partial charge in [-0.2, -0.15) is 0 Å². The van der Waals surface area contributed by atoms with Gasteiger partial charge in [-0.25, -0.2) is 13.2 Å². The van der Waals surface area contributed by atoms with Crippen LogP contribution in [-0.4, -0.2) is 12.3 Å². The van der Waals surface area contributed by atoms with Crippen LogP contribution >= 0.6 is 0 Å². The van der Waals surface area contributed by atoms with E-state index in [-0.39, 0.29) is 5.82 Å². The molecule has 28 heavy (non-hydrogen) atoms. The van der Waals surface area contributed by atoms with E-state index in [2.05, 4.69) is 6.92 Å². The van der Waals surface area contributed by atoms with E-state index in [0.717, 1.165) is 36.0 Å². The topological polar surface area (TPSA) is 0 Å². The molecule has 1 unspecified atom stereocenters. The number of benzene rings is 1. The Kier molecular flexibility index (Phi) is 6.77. The van der Waals surface area contributed by atoms with E-state index in [0.29, 0.717) is 29.6 Å². The molecule has 2 atom stereocenters. The molecule has 148 valence electrons. The van der Waals surface area contributed by atoms with Crippen LogP contribution in [0.2, 0.25) is 0 Å². The van der Waals surface area contributed by atoms with Gasteiger partial charge in [-0.3, -0.25) is 0 Å². The van der Waals surface area contributed by atoms with Crippen molar-refractivity contribution in [2.45, 2.75) is 58.3 Å². The minimum absolute atomic E-state index is 0.213. The van der Waals surface area contributed by atoms with Gasteiger partial charge >= 0.3 is 0 Å². The van der Waals surface area contributed by atoms with Crippen LogP contribution in [0.3, 0.4) is 0 Å². The fraction of sp³-hybridized carbons (Fsp3) is 0.360. The molecule has 1 aromatic carbocycles. The van der Waals surface area contributed by atoms with Crippen LogP contribution in [0.4, 0.5) is 13.2 Å². The monoisotopic (exact) mass is 384 g/mol. The molecule has 3 heteroatoms. The molecule has 0 aromatic heterocycles. The lowest BCUT2D eigenvalue weighted by Crippen LogP contribution is -2.25. The average Bonchev–Trinajstić information content (AvgIpc) is 2.70. The Morgan fingerprint density at radius 3 is 2.43 bits per heavy atom. The smallest absolute Gasteiger partial charge is 0.160 e. The summed E-state index contributed by atoms with van der Waals surface area (Å²) in [5.41, 5.74) is 4.42. The van der Waals surface area contributed by atoms with Crippen LogP contribution in [0.25, 0.3) is 6.08 Å². The highest BCUT2D eigenvalue weighted by Gasteiger charge is 2.31. The highest BCUT2D eigenvalue weighted by molar-refractivity contribution is 5.56. The highest BCUT2D eigenvalue weighted by atomic mass is 19.2. The molecule has 0 nitrogen and oxygen atoms in total. The first kappa shape index (κ1) is 20.4. The summed E-state index contributed by atoms with van der Waals surface area (Å²) in [6.45, 7) is 3.91. The maximum absolute atomic E-state index is 14.5. The Bertz CT molecular complexity index is 868. The molecule has 0 amide bonds. The zero-order valence-corrected chi connectivity index (χ0v) is 16.5. The van der Waals surface area contributed by atoms with E-state index < -0.39 is 12.3 Å². The number of hydrogen-bond donors (Lipinski definition) is 0. The third-order valence-electron chi connectivity index (χ3n) is 5.43. The van der Waals surface area contributed by atoms with Crippen LogP contribution < -0.4 is 0 Å². The summed E-state index contributed by atoms with van der Waals surface area (Å²) >= 11 is 0. The standard InChI is InChI=1S/C25H27F3/c1-3-5-18-9-13-21(23(26)16-18)12-8-17-6-10-20(11-7-17)22-15-14-19(4-2)24(27)25(22)28/h6,8-10,12-16,24-25H,3-5,7,11H2,1-2H3/b12-8+/t24?,25-/m1/s1. The fourth-order valence-corrected chi connectivity index (χ4v) is 3.70. The Hall–Kier alpha value is -2.29. The first-order valence-electron chi connectivity index (χ1n) is 10.1.